The van der Waals surface area contributed by atoms with Crippen molar-refractivity contribution in [2.45, 2.75) is 64.6 Å². The lowest BCUT2D eigenvalue weighted by molar-refractivity contribution is 0.102. The third-order valence-corrected chi connectivity index (χ3v) is 8.27. The van der Waals surface area contributed by atoms with Gasteiger partial charge in [-0.15, -0.1) is 0 Å². The van der Waals surface area contributed by atoms with Gasteiger partial charge in [0.05, 0.1) is 5.52 Å². The maximum Gasteiger partial charge on any atom is 0.319 e. The fourth-order valence-corrected chi connectivity index (χ4v) is 5.92. The monoisotopic (exact) mass is 615 g/mol. The van der Waals surface area contributed by atoms with Crippen LogP contribution in [-0.4, -0.2) is 28.6 Å². The van der Waals surface area contributed by atoms with Crippen LogP contribution < -0.4 is 26.0 Å². The molecule has 4 N–H and O–H groups in total. The molecule has 8 heteroatoms. The highest BCUT2D eigenvalue weighted by Gasteiger charge is 2.15. The van der Waals surface area contributed by atoms with Gasteiger partial charge < -0.3 is 30.6 Å². The largest absolute Gasteiger partial charge is 0.457 e. The Labute approximate surface area is 270 Å². The normalized spacial score (nSPS) is 13.5. The van der Waals surface area contributed by atoms with Gasteiger partial charge in [-0.2, -0.15) is 0 Å². The smallest absolute Gasteiger partial charge is 0.319 e. The summed E-state index contributed by atoms with van der Waals surface area (Å²) in [4.78, 5) is 25.0. The second-order valence-electron chi connectivity index (χ2n) is 12.2. The van der Waals surface area contributed by atoms with Crippen LogP contribution in [0.3, 0.4) is 0 Å². The van der Waals surface area contributed by atoms with Crippen LogP contribution in [0.2, 0.25) is 0 Å². The van der Waals surface area contributed by atoms with Crippen LogP contribution in [0.15, 0.2) is 103 Å². The highest BCUT2D eigenvalue weighted by Crippen LogP contribution is 2.27. The number of rotatable bonds is 10. The predicted octanol–water partition coefficient (Wildman–Crippen LogP) is 8.63. The number of nitrogens with one attached hydrogen (secondary N) is 4. The number of hydrogen-bond donors (Lipinski definition) is 4. The summed E-state index contributed by atoms with van der Waals surface area (Å²) in [6, 6.07) is 31.0. The van der Waals surface area contributed by atoms with Crippen molar-refractivity contribution in [1.29, 1.82) is 0 Å². The minimum Gasteiger partial charge on any atom is -0.457 e. The van der Waals surface area contributed by atoms with Crippen LogP contribution in [0, 0.1) is 0 Å². The first kappa shape index (κ1) is 30.9. The molecule has 1 aromatic heterocycles. The third kappa shape index (κ3) is 7.76. The van der Waals surface area contributed by atoms with Crippen molar-refractivity contribution in [3.05, 3.63) is 114 Å². The zero-order valence-corrected chi connectivity index (χ0v) is 26.4. The molecule has 5 aromatic rings. The third-order valence-electron chi connectivity index (χ3n) is 8.27. The summed E-state index contributed by atoms with van der Waals surface area (Å²) in [5, 5.41) is 13.6. The minimum absolute atomic E-state index is 0.0547. The maximum atomic E-state index is 13.1. The molecule has 8 nitrogen and oxygen atoms in total. The lowest BCUT2D eigenvalue weighted by Gasteiger charge is -2.22. The second kappa shape index (κ2) is 14.3. The Hall–Kier alpha value is -5.08. The SMILES string of the molecule is CC(C)NC(=O)Nc1ccc(Oc2ccc(NC(=O)c3ccc(-n4cc(CNC5CCCCC5)c5ccccc54)cc3)cc2)cc1. The average molecular weight is 616 g/mol. The van der Waals surface area contributed by atoms with Crippen LogP contribution in [0.4, 0.5) is 16.2 Å². The molecule has 4 aromatic carbocycles. The van der Waals surface area contributed by atoms with Gasteiger partial charge in [-0.05, 0) is 111 Å². The Morgan fingerprint density at radius 3 is 2.07 bits per heavy atom. The number of fused-ring (bicyclic) bond motifs is 1. The molecule has 6 rings (SSSR count). The van der Waals surface area contributed by atoms with Gasteiger partial charge in [0, 0.05) is 52.8 Å². The summed E-state index contributed by atoms with van der Waals surface area (Å²) in [7, 11) is 0. The molecule has 0 unspecified atom stereocenters. The molecule has 46 heavy (non-hydrogen) atoms. The Balaban J connectivity index is 1.06. The summed E-state index contributed by atoms with van der Waals surface area (Å²) in [5.74, 6) is 1.09. The molecular weight excluding hydrogens is 574 g/mol. The van der Waals surface area contributed by atoms with Gasteiger partial charge in [-0.3, -0.25) is 4.79 Å². The van der Waals surface area contributed by atoms with E-state index in [9.17, 15) is 9.59 Å². The van der Waals surface area contributed by atoms with Gasteiger partial charge in [0.1, 0.15) is 11.5 Å². The fourth-order valence-electron chi connectivity index (χ4n) is 5.92. The van der Waals surface area contributed by atoms with E-state index in [-0.39, 0.29) is 18.0 Å². The summed E-state index contributed by atoms with van der Waals surface area (Å²) in [5.41, 5.74) is 5.38. The van der Waals surface area contributed by atoms with E-state index in [1.165, 1.54) is 43.1 Å². The summed E-state index contributed by atoms with van der Waals surface area (Å²) in [6.07, 6.45) is 8.72. The number of carbonyl (C=O) groups is 2. The number of urea groups is 1. The van der Waals surface area contributed by atoms with Gasteiger partial charge in [0.15, 0.2) is 0 Å². The van der Waals surface area contributed by atoms with Gasteiger partial charge in [0.25, 0.3) is 5.91 Å². The first-order valence-corrected chi connectivity index (χ1v) is 16.1. The van der Waals surface area contributed by atoms with Crippen LogP contribution in [-0.2, 0) is 6.54 Å². The summed E-state index contributed by atoms with van der Waals surface area (Å²) in [6.45, 7) is 4.66. The second-order valence-corrected chi connectivity index (χ2v) is 12.2. The number of para-hydroxylation sites is 1. The minimum atomic E-state index is -0.252. The number of benzene rings is 4. The molecule has 0 saturated heterocycles. The van der Waals surface area contributed by atoms with Crippen molar-refractivity contribution in [2.24, 2.45) is 0 Å². The predicted molar refractivity (Wildman–Crippen MR) is 185 cm³/mol. The first-order chi connectivity index (χ1) is 22.4. The number of aromatic nitrogens is 1. The van der Waals surface area contributed by atoms with Crippen LogP contribution in [0.5, 0.6) is 11.5 Å². The molecule has 0 bridgehead atoms. The molecule has 0 atom stereocenters. The van der Waals surface area contributed by atoms with E-state index in [1.54, 1.807) is 36.4 Å². The fraction of sp³-hybridized carbons (Fsp3) is 0.263. The number of anilines is 2. The number of nitrogens with zero attached hydrogens (tertiary/aromatic N) is 1. The van der Waals surface area contributed by atoms with Gasteiger partial charge >= 0.3 is 6.03 Å². The molecule has 1 heterocycles. The highest BCUT2D eigenvalue weighted by atomic mass is 16.5. The zero-order chi connectivity index (χ0) is 31.9. The number of hydrogen-bond acceptors (Lipinski definition) is 4. The molecule has 0 spiro atoms. The zero-order valence-electron chi connectivity index (χ0n) is 26.4. The van der Waals surface area contributed by atoms with Crippen molar-refractivity contribution in [2.75, 3.05) is 10.6 Å². The van der Waals surface area contributed by atoms with Crippen LogP contribution in [0.25, 0.3) is 16.6 Å². The average Bonchev–Trinajstić information content (AvgIpc) is 3.44. The van der Waals surface area contributed by atoms with E-state index >= 15 is 0 Å². The highest BCUT2D eigenvalue weighted by molar-refractivity contribution is 6.04. The van der Waals surface area contributed by atoms with Crippen molar-refractivity contribution in [1.82, 2.24) is 15.2 Å². The van der Waals surface area contributed by atoms with Gasteiger partial charge in [0.2, 0.25) is 0 Å². The lowest BCUT2D eigenvalue weighted by atomic mass is 9.95. The van der Waals surface area contributed by atoms with E-state index in [0.29, 0.717) is 34.5 Å². The standard InChI is InChI=1S/C38H41N5O3/c1-26(2)40-38(45)42-31-16-22-34(23-17-31)46-33-20-14-30(15-21-33)41-37(44)27-12-18-32(19-13-27)43-25-28(35-10-6-7-11-36(35)43)24-39-29-8-4-3-5-9-29/h6-7,10-23,25-26,29,39H,3-5,8-9,24H2,1-2H3,(H,41,44)(H2,40,42,45). The molecule has 1 saturated carbocycles. The van der Waals surface area contributed by atoms with Crippen LogP contribution >= 0.6 is 0 Å². The first-order valence-electron chi connectivity index (χ1n) is 16.1. The molecule has 1 fully saturated rings. The topological polar surface area (TPSA) is 96.4 Å². The molecule has 1 aliphatic carbocycles. The number of amides is 3. The van der Waals surface area contributed by atoms with Gasteiger partial charge in [-0.1, -0.05) is 37.5 Å². The summed E-state index contributed by atoms with van der Waals surface area (Å²) >= 11 is 0. The van der Waals surface area contributed by atoms with E-state index < -0.39 is 0 Å². The van der Waals surface area contributed by atoms with E-state index in [4.69, 9.17) is 4.74 Å². The Morgan fingerprint density at radius 2 is 1.41 bits per heavy atom. The Kier molecular flexibility index (Phi) is 9.65. The van der Waals surface area contributed by atoms with Crippen molar-refractivity contribution in [3.63, 3.8) is 0 Å². The van der Waals surface area contributed by atoms with Gasteiger partial charge in [-0.25, -0.2) is 4.79 Å². The van der Waals surface area contributed by atoms with E-state index in [0.717, 1.165) is 17.7 Å². The molecule has 0 radical (unpaired) electrons. The van der Waals surface area contributed by atoms with E-state index in [1.807, 2.05) is 50.2 Å². The Morgan fingerprint density at radius 1 is 0.783 bits per heavy atom. The quantitative estimate of drug-likeness (QED) is 0.126. The molecule has 0 aliphatic heterocycles. The van der Waals surface area contributed by atoms with Crippen LogP contribution in [0.1, 0.15) is 61.9 Å². The van der Waals surface area contributed by atoms with Crippen molar-refractivity contribution < 1.29 is 14.3 Å². The lowest BCUT2D eigenvalue weighted by Crippen LogP contribution is -2.34. The molecule has 236 valence electrons. The van der Waals surface area contributed by atoms with Crippen molar-refractivity contribution in [3.8, 4) is 17.2 Å². The van der Waals surface area contributed by atoms with Crippen molar-refractivity contribution >= 4 is 34.2 Å². The Bertz CT molecular complexity index is 1770. The molecule has 3 amide bonds. The number of carbonyl (C=O) groups excluding carboxylic acids is 2. The maximum absolute atomic E-state index is 13.1. The molecule has 1 aliphatic rings. The van der Waals surface area contributed by atoms with E-state index in [2.05, 4.69) is 56.3 Å². The number of ether oxygens (including phenoxy) is 1. The molecular formula is C38H41N5O3. The summed E-state index contributed by atoms with van der Waals surface area (Å²) < 4.78 is 8.14.